The fraction of sp³-hybridized carbons (Fsp3) is 0.111. The Morgan fingerprint density at radius 2 is 2.00 bits per heavy atom. The zero-order valence-corrected chi connectivity index (χ0v) is 6.94. The summed E-state index contributed by atoms with van der Waals surface area (Å²) in [5.74, 6) is -1.28. The maximum Gasteiger partial charge on any atom is 0.167 e. The summed E-state index contributed by atoms with van der Waals surface area (Å²) < 4.78 is 0. The average molecular weight is 180 g/mol. The number of carbonyl (C=O) groups excluding carboxylic acids is 2. The standard InChI is InChI=1S/C9H8O4/c1-5(11)8-7(12)3-2-6(4-10)9(8)13/h2-4,12-13H,1H3. The summed E-state index contributed by atoms with van der Waals surface area (Å²) in [6.45, 7) is 1.20. The molecule has 0 spiro atoms. The van der Waals surface area contributed by atoms with E-state index in [4.69, 9.17) is 0 Å². The number of hydrogen-bond acceptors (Lipinski definition) is 4. The minimum absolute atomic E-state index is 0.0111. The van der Waals surface area contributed by atoms with Gasteiger partial charge in [0.1, 0.15) is 17.1 Å². The van der Waals surface area contributed by atoms with Gasteiger partial charge in [-0.05, 0) is 19.1 Å². The van der Waals surface area contributed by atoms with Crippen LogP contribution in [-0.4, -0.2) is 22.3 Å². The molecule has 1 rings (SSSR count). The fourth-order valence-corrected chi connectivity index (χ4v) is 1.04. The van der Waals surface area contributed by atoms with Crippen LogP contribution in [0.2, 0.25) is 0 Å². The zero-order valence-electron chi connectivity index (χ0n) is 6.94. The number of rotatable bonds is 2. The van der Waals surface area contributed by atoms with Gasteiger partial charge in [0.05, 0.1) is 5.56 Å². The molecular weight excluding hydrogens is 172 g/mol. The molecule has 0 radical (unpaired) electrons. The molecule has 0 heterocycles. The van der Waals surface area contributed by atoms with E-state index in [-0.39, 0.29) is 16.9 Å². The second-order valence-corrected chi connectivity index (χ2v) is 2.57. The number of aldehydes is 1. The highest BCUT2D eigenvalue weighted by atomic mass is 16.3. The van der Waals surface area contributed by atoms with E-state index >= 15 is 0 Å². The molecule has 4 heteroatoms. The van der Waals surface area contributed by atoms with Crippen LogP contribution in [0, 0.1) is 0 Å². The van der Waals surface area contributed by atoms with Crippen LogP contribution >= 0.6 is 0 Å². The van der Waals surface area contributed by atoms with E-state index in [1.165, 1.54) is 19.1 Å². The van der Waals surface area contributed by atoms with Crippen LogP contribution < -0.4 is 0 Å². The van der Waals surface area contributed by atoms with E-state index in [9.17, 15) is 19.8 Å². The molecule has 0 fully saturated rings. The summed E-state index contributed by atoms with van der Waals surface area (Å²) in [4.78, 5) is 21.3. The first-order chi connectivity index (χ1) is 6.07. The van der Waals surface area contributed by atoms with Gasteiger partial charge in [-0.3, -0.25) is 9.59 Å². The van der Waals surface area contributed by atoms with E-state index in [0.29, 0.717) is 6.29 Å². The number of phenolic OH excluding ortho intramolecular Hbond substituents is 2. The molecule has 1 aromatic rings. The van der Waals surface area contributed by atoms with Gasteiger partial charge in [0.15, 0.2) is 12.1 Å². The normalized spacial score (nSPS) is 9.62. The van der Waals surface area contributed by atoms with E-state index in [1.807, 2.05) is 0 Å². The SMILES string of the molecule is CC(=O)c1c(O)ccc(C=O)c1O. The lowest BCUT2D eigenvalue weighted by atomic mass is 10.1. The lowest BCUT2D eigenvalue weighted by molar-refractivity contribution is 0.101. The fourth-order valence-electron chi connectivity index (χ4n) is 1.04. The molecule has 0 aliphatic carbocycles. The maximum absolute atomic E-state index is 10.9. The van der Waals surface area contributed by atoms with E-state index in [2.05, 4.69) is 0 Å². The van der Waals surface area contributed by atoms with Crippen molar-refractivity contribution >= 4 is 12.1 Å². The third kappa shape index (κ3) is 1.51. The van der Waals surface area contributed by atoms with Gasteiger partial charge in [-0.1, -0.05) is 0 Å². The number of aromatic hydroxyl groups is 2. The first-order valence-corrected chi connectivity index (χ1v) is 3.59. The molecular formula is C9H8O4. The molecule has 0 bridgehead atoms. The van der Waals surface area contributed by atoms with Crippen molar-refractivity contribution in [2.24, 2.45) is 0 Å². The van der Waals surface area contributed by atoms with Gasteiger partial charge < -0.3 is 10.2 Å². The largest absolute Gasteiger partial charge is 0.507 e. The highest BCUT2D eigenvalue weighted by molar-refractivity contribution is 6.01. The van der Waals surface area contributed by atoms with Gasteiger partial charge in [-0.15, -0.1) is 0 Å². The van der Waals surface area contributed by atoms with Crippen LogP contribution in [0.1, 0.15) is 27.6 Å². The number of benzene rings is 1. The number of Topliss-reactive ketones (excluding diaryl/α,β-unsaturated/α-hetero) is 1. The molecule has 0 unspecified atom stereocenters. The molecule has 4 nitrogen and oxygen atoms in total. The smallest absolute Gasteiger partial charge is 0.167 e. The molecule has 0 amide bonds. The van der Waals surface area contributed by atoms with Crippen molar-refractivity contribution in [1.82, 2.24) is 0 Å². The predicted octanol–water partition coefficient (Wildman–Crippen LogP) is 1.11. The van der Waals surface area contributed by atoms with Crippen molar-refractivity contribution in [1.29, 1.82) is 0 Å². The third-order valence-electron chi connectivity index (χ3n) is 1.67. The van der Waals surface area contributed by atoms with E-state index in [1.54, 1.807) is 0 Å². The Balaban J connectivity index is 3.47. The Morgan fingerprint density at radius 1 is 1.38 bits per heavy atom. The Bertz CT molecular complexity index is 368. The van der Waals surface area contributed by atoms with Gasteiger partial charge in [-0.25, -0.2) is 0 Å². The van der Waals surface area contributed by atoms with Gasteiger partial charge in [0, 0.05) is 0 Å². The first kappa shape index (κ1) is 9.25. The molecule has 0 saturated heterocycles. The molecule has 0 aliphatic heterocycles. The molecule has 2 N–H and O–H groups in total. The summed E-state index contributed by atoms with van der Waals surface area (Å²) in [7, 11) is 0. The molecule has 68 valence electrons. The number of phenols is 2. The first-order valence-electron chi connectivity index (χ1n) is 3.59. The van der Waals surface area contributed by atoms with Gasteiger partial charge in [-0.2, -0.15) is 0 Å². The summed E-state index contributed by atoms with van der Waals surface area (Å²) in [6, 6.07) is 2.43. The second-order valence-electron chi connectivity index (χ2n) is 2.57. The Hall–Kier alpha value is -1.84. The second kappa shape index (κ2) is 3.26. The van der Waals surface area contributed by atoms with Crippen LogP contribution in [0.3, 0.4) is 0 Å². The topological polar surface area (TPSA) is 74.6 Å². The molecule has 0 aromatic heterocycles. The Labute approximate surface area is 74.4 Å². The van der Waals surface area contributed by atoms with Crippen LogP contribution in [0.4, 0.5) is 0 Å². The van der Waals surface area contributed by atoms with Crippen LogP contribution in [0.5, 0.6) is 11.5 Å². The highest BCUT2D eigenvalue weighted by Crippen LogP contribution is 2.29. The quantitative estimate of drug-likeness (QED) is 0.528. The lowest BCUT2D eigenvalue weighted by Gasteiger charge is -2.04. The number of hydrogen-bond donors (Lipinski definition) is 2. The van der Waals surface area contributed by atoms with Crippen LogP contribution in [0.25, 0.3) is 0 Å². The van der Waals surface area contributed by atoms with Gasteiger partial charge in [0.2, 0.25) is 0 Å². The average Bonchev–Trinajstić information content (AvgIpc) is 2.04. The Kier molecular flexibility index (Phi) is 2.32. The van der Waals surface area contributed by atoms with Crippen LogP contribution in [-0.2, 0) is 0 Å². The monoisotopic (exact) mass is 180 g/mol. The summed E-state index contributed by atoms with van der Waals surface area (Å²) in [5.41, 5.74) is -0.229. The summed E-state index contributed by atoms with van der Waals surface area (Å²) in [5, 5.41) is 18.5. The van der Waals surface area contributed by atoms with Gasteiger partial charge >= 0.3 is 0 Å². The predicted molar refractivity (Wildman–Crippen MR) is 45.2 cm³/mol. The van der Waals surface area contributed by atoms with Crippen molar-refractivity contribution in [2.75, 3.05) is 0 Å². The molecule has 0 atom stereocenters. The molecule has 0 aliphatic rings. The van der Waals surface area contributed by atoms with Crippen molar-refractivity contribution in [2.45, 2.75) is 6.92 Å². The van der Waals surface area contributed by atoms with Crippen LogP contribution in [0.15, 0.2) is 12.1 Å². The van der Waals surface area contributed by atoms with Crippen molar-refractivity contribution in [3.63, 3.8) is 0 Å². The van der Waals surface area contributed by atoms with E-state index < -0.39 is 11.5 Å². The van der Waals surface area contributed by atoms with E-state index in [0.717, 1.165) is 0 Å². The highest BCUT2D eigenvalue weighted by Gasteiger charge is 2.15. The summed E-state index contributed by atoms with van der Waals surface area (Å²) >= 11 is 0. The van der Waals surface area contributed by atoms with Crippen molar-refractivity contribution < 1.29 is 19.8 Å². The van der Waals surface area contributed by atoms with Crippen molar-refractivity contribution in [3.8, 4) is 11.5 Å². The zero-order chi connectivity index (χ0) is 10.0. The third-order valence-corrected chi connectivity index (χ3v) is 1.67. The number of ketones is 1. The molecule has 0 saturated carbocycles. The maximum atomic E-state index is 10.9. The minimum Gasteiger partial charge on any atom is -0.507 e. The molecule has 13 heavy (non-hydrogen) atoms. The lowest BCUT2D eigenvalue weighted by Crippen LogP contribution is -1.96. The molecule has 1 aromatic carbocycles. The Morgan fingerprint density at radius 3 is 2.46 bits per heavy atom. The summed E-state index contributed by atoms with van der Waals surface area (Å²) in [6.07, 6.45) is 0.418. The van der Waals surface area contributed by atoms with Gasteiger partial charge in [0.25, 0.3) is 0 Å². The minimum atomic E-state index is -0.487. The number of carbonyl (C=O) groups is 2. The van der Waals surface area contributed by atoms with Crippen molar-refractivity contribution in [3.05, 3.63) is 23.3 Å².